The maximum absolute atomic E-state index is 6.47. The highest BCUT2D eigenvalue weighted by atomic mass is 79.9. The number of hydrogen-bond donors (Lipinski definition) is 0. The summed E-state index contributed by atoms with van der Waals surface area (Å²) in [6.07, 6.45) is 0.537. The van der Waals surface area contributed by atoms with Crippen molar-refractivity contribution in [3.8, 4) is 11.5 Å². The summed E-state index contributed by atoms with van der Waals surface area (Å²) >= 11 is 3.63. The predicted molar refractivity (Wildman–Crippen MR) is 130 cm³/mol. The number of benzene rings is 4. The highest BCUT2D eigenvalue weighted by Gasteiger charge is 2.41. The Hall–Kier alpha value is -3.31. The second-order valence-corrected chi connectivity index (χ2v) is 9.05. The Kier molecular flexibility index (Phi) is 4.65. The Bertz CT molecular complexity index is 1350. The minimum Gasteiger partial charge on any atom is -0.497 e. The average Bonchev–Trinajstić information content (AvgIpc) is 3.29. The summed E-state index contributed by atoms with van der Waals surface area (Å²) in [5.74, 6) is 1.73. The van der Waals surface area contributed by atoms with Crippen LogP contribution in [0.2, 0.25) is 0 Å². The van der Waals surface area contributed by atoms with Crippen molar-refractivity contribution in [3.05, 3.63) is 106 Å². The Morgan fingerprint density at radius 2 is 1.75 bits per heavy atom. The SMILES string of the molecule is COc1ccc([C@H]2Oc3ccc(Br)cc3[C@H]3CC(c4ccc5ccccc5c4)=NN32)cc1. The Morgan fingerprint density at radius 3 is 2.56 bits per heavy atom. The fraction of sp³-hybridized carbons (Fsp3) is 0.148. The van der Waals surface area contributed by atoms with Gasteiger partial charge in [0.05, 0.1) is 18.9 Å². The van der Waals surface area contributed by atoms with E-state index >= 15 is 0 Å². The Balaban J connectivity index is 1.44. The van der Waals surface area contributed by atoms with Crippen molar-refractivity contribution in [3.63, 3.8) is 0 Å². The van der Waals surface area contributed by atoms with Crippen molar-refractivity contribution < 1.29 is 9.47 Å². The van der Waals surface area contributed by atoms with Crippen molar-refractivity contribution >= 4 is 32.4 Å². The van der Waals surface area contributed by atoms with Crippen LogP contribution in [0.3, 0.4) is 0 Å². The van der Waals surface area contributed by atoms with Crippen LogP contribution in [-0.4, -0.2) is 17.8 Å². The molecule has 4 aromatic carbocycles. The van der Waals surface area contributed by atoms with Gasteiger partial charge >= 0.3 is 0 Å². The Labute approximate surface area is 195 Å². The normalized spacial score (nSPS) is 19.2. The molecule has 158 valence electrons. The van der Waals surface area contributed by atoms with E-state index in [1.54, 1.807) is 7.11 Å². The molecule has 0 spiro atoms. The molecule has 0 N–H and O–H groups in total. The molecule has 0 aromatic heterocycles. The van der Waals surface area contributed by atoms with Gasteiger partial charge in [0, 0.05) is 22.0 Å². The highest BCUT2D eigenvalue weighted by Crippen LogP contribution is 2.48. The molecule has 0 fully saturated rings. The molecule has 2 aliphatic heterocycles. The monoisotopic (exact) mass is 484 g/mol. The van der Waals surface area contributed by atoms with Crippen LogP contribution in [0.25, 0.3) is 10.8 Å². The first-order valence-electron chi connectivity index (χ1n) is 10.6. The van der Waals surface area contributed by atoms with Crippen LogP contribution in [0.1, 0.15) is 35.4 Å². The summed E-state index contributed by atoms with van der Waals surface area (Å²) in [6, 6.07) is 29.4. The number of fused-ring (bicyclic) bond motifs is 4. The standard InChI is InChI=1S/C27H21BrN2O2/c1-31-22-11-8-18(9-12-22)27-30-25(23-15-21(28)10-13-26(23)32-27)16-24(29-30)20-7-6-17-4-2-3-5-19(17)14-20/h2-15,25,27H,16H2,1H3/t25-,27-/m1/s1. The molecule has 0 aliphatic carbocycles. The molecule has 0 unspecified atom stereocenters. The van der Waals surface area contributed by atoms with Crippen LogP contribution >= 0.6 is 15.9 Å². The molecule has 32 heavy (non-hydrogen) atoms. The lowest BCUT2D eigenvalue weighted by atomic mass is 9.95. The largest absolute Gasteiger partial charge is 0.497 e. The van der Waals surface area contributed by atoms with Crippen molar-refractivity contribution in [1.82, 2.24) is 5.01 Å². The number of ether oxygens (including phenoxy) is 2. The Morgan fingerprint density at radius 1 is 0.938 bits per heavy atom. The smallest absolute Gasteiger partial charge is 0.213 e. The third-order valence-electron chi connectivity index (χ3n) is 6.24. The van der Waals surface area contributed by atoms with Gasteiger partial charge in [-0.2, -0.15) is 5.10 Å². The van der Waals surface area contributed by atoms with Gasteiger partial charge in [-0.05, 0) is 64.9 Å². The van der Waals surface area contributed by atoms with E-state index in [1.807, 2.05) is 36.4 Å². The van der Waals surface area contributed by atoms with Crippen LogP contribution in [-0.2, 0) is 0 Å². The maximum atomic E-state index is 6.47. The second-order valence-electron chi connectivity index (χ2n) is 8.13. The van der Waals surface area contributed by atoms with Crippen LogP contribution in [0.4, 0.5) is 0 Å². The number of hydrogen-bond acceptors (Lipinski definition) is 4. The molecular weight excluding hydrogens is 464 g/mol. The zero-order valence-electron chi connectivity index (χ0n) is 17.5. The predicted octanol–water partition coefficient (Wildman–Crippen LogP) is 6.85. The van der Waals surface area contributed by atoms with Crippen molar-refractivity contribution in [2.75, 3.05) is 7.11 Å². The zero-order valence-corrected chi connectivity index (χ0v) is 19.1. The summed E-state index contributed by atoms with van der Waals surface area (Å²) in [4.78, 5) is 0. The molecule has 4 aromatic rings. The van der Waals surface area contributed by atoms with Gasteiger partial charge in [-0.15, -0.1) is 0 Å². The molecule has 2 heterocycles. The lowest BCUT2D eigenvalue weighted by molar-refractivity contribution is -0.0191. The van der Waals surface area contributed by atoms with Gasteiger partial charge in [-0.25, -0.2) is 5.01 Å². The van der Waals surface area contributed by atoms with E-state index in [9.17, 15) is 0 Å². The fourth-order valence-electron chi connectivity index (χ4n) is 4.59. The second kappa shape index (κ2) is 7.68. The van der Waals surface area contributed by atoms with Gasteiger partial charge in [0.25, 0.3) is 0 Å². The molecule has 2 atom stereocenters. The molecular formula is C27H21BrN2O2. The summed E-state index contributed by atoms with van der Waals surface area (Å²) in [5.41, 5.74) is 4.44. The van der Waals surface area contributed by atoms with E-state index in [-0.39, 0.29) is 12.3 Å². The van der Waals surface area contributed by atoms with Crippen molar-refractivity contribution in [2.45, 2.75) is 18.7 Å². The topological polar surface area (TPSA) is 34.1 Å². The van der Waals surface area contributed by atoms with E-state index in [4.69, 9.17) is 14.6 Å². The highest BCUT2D eigenvalue weighted by molar-refractivity contribution is 9.10. The first kappa shape index (κ1) is 19.4. The number of halogens is 1. The lowest BCUT2D eigenvalue weighted by Crippen LogP contribution is -2.33. The van der Waals surface area contributed by atoms with Crippen LogP contribution in [0, 0.1) is 0 Å². The molecule has 0 bridgehead atoms. The maximum Gasteiger partial charge on any atom is 0.213 e. The molecule has 2 aliphatic rings. The van der Waals surface area contributed by atoms with E-state index in [0.29, 0.717) is 0 Å². The van der Waals surface area contributed by atoms with Crippen molar-refractivity contribution in [1.29, 1.82) is 0 Å². The van der Waals surface area contributed by atoms with E-state index < -0.39 is 0 Å². The first-order chi connectivity index (χ1) is 15.7. The number of nitrogens with zero attached hydrogens (tertiary/aromatic N) is 2. The van der Waals surface area contributed by atoms with Crippen molar-refractivity contribution in [2.24, 2.45) is 5.10 Å². The molecule has 0 amide bonds. The molecule has 0 saturated carbocycles. The quantitative estimate of drug-likeness (QED) is 0.318. The molecule has 0 saturated heterocycles. The van der Waals surface area contributed by atoms with E-state index in [0.717, 1.165) is 44.8 Å². The molecule has 6 rings (SSSR count). The minimum atomic E-state index is -0.294. The van der Waals surface area contributed by atoms with Gasteiger partial charge in [-0.3, -0.25) is 0 Å². The minimum absolute atomic E-state index is 0.116. The summed E-state index contributed by atoms with van der Waals surface area (Å²) in [6.45, 7) is 0. The summed E-state index contributed by atoms with van der Waals surface area (Å²) < 4.78 is 12.9. The average molecular weight is 485 g/mol. The van der Waals surface area contributed by atoms with Gasteiger partial charge in [-0.1, -0.05) is 52.3 Å². The van der Waals surface area contributed by atoms with Crippen LogP contribution in [0.15, 0.2) is 94.5 Å². The van der Waals surface area contributed by atoms with Gasteiger partial charge in [0.2, 0.25) is 6.23 Å². The van der Waals surface area contributed by atoms with E-state index in [2.05, 4.69) is 69.5 Å². The molecule has 4 nitrogen and oxygen atoms in total. The molecule has 0 radical (unpaired) electrons. The lowest BCUT2D eigenvalue weighted by Gasteiger charge is -2.38. The first-order valence-corrected chi connectivity index (χ1v) is 11.4. The summed E-state index contributed by atoms with van der Waals surface area (Å²) in [5, 5.41) is 9.67. The number of methoxy groups -OCH3 is 1. The third kappa shape index (κ3) is 3.24. The summed E-state index contributed by atoms with van der Waals surface area (Å²) in [7, 11) is 1.68. The van der Waals surface area contributed by atoms with E-state index in [1.165, 1.54) is 10.8 Å². The number of rotatable bonds is 3. The van der Waals surface area contributed by atoms with Gasteiger partial charge in [0.15, 0.2) is 0 Å². The fourth-order valence-corrected chi connectivity index (χ4v) is 4.97. The van der Waals surface area contributed by atoms with Gasteiger partial charge < -0.3 is 9.47 Å². The zero-order chi connectivity index (χ0) is 21.7. The van der Waals surface area contributed by atoms with Crippen LogP contribution < -0.4 is 9.47 Å². The molecule has 5 heteroatoms. The third-order valence-corrected chi connectivity index (χ3v) is 6.73. The van der Waals surface area contributed by atoms with Crippen LogP contribution in [0.5, 0.6) is 11.5 Å². The number of hydrazone groups is 1. The van der Waals surface area contributed by atoms with Gasteiger partial charge in [0.1, 0.15) is 11.5 Å².